The molecule has 3 amide bonds. The summed E-state index contributed by atoms with van der Waals surface area (Å²) in [6, 6.07) is 13.5. The quantitative estimate of drug-likeness (QED) is 0.610. The van der Waals surface area contributed by atoms with Gasteiger partial charge in [-0.25, -0.2) is 4.79 Å². The summed E-state index contributed by atoms with van der Waals surface area (Å²) in [5, 5.41) is 5.49. The molecule has 8 heteroatoms. The van der Waals surface area contributed by atoms with Gasteiger partial charge in [0.25, 0.3) is 0 Å². The van der Waals surface area contributed by atoms with Crippen molar-refractivity contribution >= 4 is 23.3 Å². The highest BCUT2D eigenvalue weighted by Crippen LogP contribution is 2.29. The number of anilines is 2. The van der Waals surface area contributed by atoms with E-state index in [-0.39, 0.29) is 0 Å². The van der Waals surface area contributed by atoms with Crippen molar-refractivity contribution in [2.24, 2.45) is 5.73 Å². The lowest BCUT2D eigenvalue weighted by atomic mass is 10.2. The van der Waals surface area contributed by atoms with Gasteiger partial charge in [-0.05, 0) is 42.5 Å². The van der Waals surface area contributed by atoms with Gasteiger partial charge in [-0.15, -0.1) is 0 Å². The number of primary amides is 1. The van der Waals surface area contributed by atoms with Crippen LogP contribution < -0.4 is 25.8 Å². The van der Waals surface area contributed by atoms with Gasteiger partial charge in [-0.2, -0.15) is 0 Å². The number of rotatable bonds is 6. The van der Waals surface area contributed by atoms with Crippen molar-refractivity contribution in [3.05, 3.63) is 66.5 Å². The number of hydrogen-bond acceptors (Lipinski definition) is 4. The summed E-state index contributed by atoms with van der Waals surface area (Å²) in [6.07, 6.45) is 3.39. The van der Waals surface area contributed by atoms with E-state index in [1.54, 1.807) is 60.5 Å². The summed E-state index contributed by atoms with van der Waals surface area (Å²) in [5.74, 6) is 0.633. The Balaban J connectivity index is 1.68. The molecule has 0 fully saturated rings. The molecule has 1 heterocycles. The smallest absolute Gasteiger partial charge is 0.323 e. The van der Waals surface area contributed by atoms with Crippen LogP contribution >= 0.6 is 0 Å². The maximum absolute atomic E-state index is 12.3. The average Bonchev–Trinajstić information content (AvgIpc) is 3.19. The topological polar surface area (TPSA) is 108 Å². The van der Waals surface area contributed by atoms with Crippen LogP contribution in [0.5, 0.6) is 11.5 Å². The fourth-order valence-electron chi connectivity index (χ4n) is 2.62. The summed E-state index contributed by atoms with van der Waals surface area (Å²) >= 11 is 0. The molecular formula is C20H20N4O4. The molecule has 0 radical (unpaired) electrons. The number of carbonyl (C=O) groups is 2. The third-order valence-electron chi connectivity index (χ3n) is 4.06. The Morgan fingerprint density at radius 2 is 1.71 bits per heavy atom. The van der Waals surface area contributed by atoms with Gasteiger partial charge in [-0.3, -0.25) is 4.79 Å². The van der Waals surface area contributed by atoms with Crippen molar-refractivity contribution in [3.8, 4) is 17.2 Å². The van der Waals surface area contributed by atoms with E-state index in [2.05, 4.69) is 10.6 Å². The van der Waals surface area contributed by atoms with E-state index in [4.69, 9.17) is 15.2 Å². The number of urea groups is 1. The van der Waals surface area contributed by atoms with Gasteiger partial charge in [0, 0.05) is 29.8 Å². The lowest BCUT2D eigenvalue weighted by molar-refractivity contribution is 0.100. The molecule has 144 valence electrons. The first-order chi connectivity index (χ1) is 13.5. The summed E-state index contributed by atoms with van der Waals surface area (Å²) < 4.78 is 12.2. The highest BCUT2D eigenvalue weighted by atomic mass is 16.5. The molecule has 0 saturated carbocycles. The van der Waals surface area contributed by atoms with Gasteiger partial charge < -0.3 is 30.4 Å². The number of hydrogen-bond donors (Lipinski definition) is 3. The lowest BCUT2D eigenvalue weighted by Crippen LogP contribution is -2.19. The molecule has 4 N–H and O–H groups in total. The molecule has 0 saturated heterocycles. The molecule has 3 aromatic rings. The van der Waals surface area contributed by atoms with Crippen molar-refractivity contribution < 1.29 is 19.1 Å². The van der Waals surface area contributed by atoms with Crippen molar-refractivity contribution in [1.29, 1.82) is 0 Å². The SMILES string of the molecule is COc1ccc(OC)c(NC(=O)Nc2ccc(-n3ccc(C(N)=O)c3)cc2)c1. The Kier molecular flexibility index (Phi) is 5.50. The van der Waals surface area contributed by atoms with E-state index in [0.29, 0.717) is 28.4 Å². The van der Waals surface area contributed by atoms with Crippen LogP contribution in [0.1, 0.15) is 10.4 Å². The summed E-state index contributed by atoms with van der Waals surface area (Å²) in [7, 11) is 3.07. The molecule has 0 unspecified atom stereocenters. The van der Waals surface area contributed by atoms with Crippen molar-refractivity contribution in [3.63, 3.8) is 0 Å². The second kappa shape index (κ2) is 8.17. The number of amides is 3. The third kappa shape index (κ3) is 4.24. The molecule has 0 aliphatic rings. The maximum Gasteiger partial charge on any atom is 0.323 e. The van der Waals surface area contributed by atoms with Crippen LogP contribution in [0.3, 0.4) is 0 Å². The Bertz CT molecular complexity index is 996. The number of carbonyl (C=O) groups excluding carboxylic acids is 2. The minimum atomic E-state index is -0.485. The number of nitrogens with two attached hydrogens (primary N) is 1. The number of benzene rings is 2. The van der Waals surface area contributed by atoms with E-state index >= 15 is 0 Å². The summed E-state index contributed by atoms with van der Waals surface area (Å²) in [5.41, 5.74) is 7.60. The monoisotopic (exact) mass is 380 g/mol. The fraction of sp³-hybridized carbons (Fsp3) is 0.100. The minimum absolute atomic E-state index is 0.420. The van der Waals surface area contributed by atoms with Gasteiger partial charge in [0.15, 0.2) is 0 Å². The summed E-state index contributed by atoms with van der Waals surface area (Å²) in [6.45, 7) is 0. The molecule has 2 aromatic carbocycles. The van der Waals surface area contributed by atoms with Crippen molar-refractivity contribution in [1.82, 2.24) is 4.57 Å². The first kappa shape index (κ1) is 18.8. The normalized spacial score (nSPS) is 10.2. The first-order valence-electron chi connectivity index (χ1n) is 8.38. The largest absolute Gasteiger partial charge is 0.497 e. The lowest BCUT2D eigenvalue weighted by Gasteiger charge is -2.13. The highest BCUT2D eigenvalue weighted by molar-refractivity contribution is 6.00. The molecule has 0 atom stereocenters. The molecule has 8 nitrogen and oxygen atoms in total. The van der Waals surface area contributed by atoms with Crippen molar-refractivity contribution in [2.45, 2.75) is 0 Å². The Morgan fingerprint density at radius 3 is 2.32 bits per heavy atom. The fourth-order valence-corrected chi connectivity index (χ4v) is 2.62. The zero-order valence-electron chi connectivity index (χ0n) is 15.4. The molecule has 1 aromatic heterocycles. The standard InChI is InChI=1S/C20H20N4O4/c1-27-16-7-8-18(28-2)17(11-16)23-20(26)22-14-3-5-15(6-4-14)24-10-9-13(12-24)19(21)25/h3-12H,1-2H3,(H2,21,25)(H2,22,23,26). The second-order valence-corrected chi connectivity index (χ2v) is 5.86. The predicted molar refractivity (Wildman–Crippen MR) is 106 cm³/mol. The van der Waals surface area contributed by atoms with Crippen LogP contribution in [0.4, 0.5) is 16.2 Å². The van der Waals surface area contributed by atoms with Gasteiger partial charge >= 0.3 is 6.03 Å². The Hall–Kier alpha value is -3.94. The Labute approximate surface area is 161 Å². The minimum Gasteiger partial charge on any atom is -0.497 e. The van der Waals surface area contributed by atoms with E-state index in [1.807, 2.05) is 12.1 Å². The molecule has 3 rings (SSSR count). The van der Waals surface area contributed by atoms with Crippen molar-refractivity contribution in [2.75, 3.05) is 24.9 Å². The highest BCUT2D eigenvalue weighted by Gasteiger charge is 2.10. The predicted octanol–water partition coefficient (Wildman–Crippen LogP) is 3.24. The third-order valence-corrected chi connectivity index (χ3v) is 4.06. The van der Waals surface area contributed by atoms with Crippen LogP contribution in [0.2, 0.25) is 0 Å². The van der Waals surface area contributed by atoms with Gasteiger partial charge in [-0.1, -0.05) is 0 Å². The summed E-state index contributed by atoms with van der Waals surface area (Å²) in [4.78, 5) is 23.5. The zero-order chi connectivity index (χ0) is 20.1. The van der Waals surface area contributed by atoms with Crippen LogP contribution in [-0.2, 0) is 0 Å². The van der Waals surface area contributed by atoms with Gasteiger partial charge in [0.05, 0.1) is 25.5 Å². The van der Waals surface area contributed by atoms with E-state index in [0.717, 1.165) is 5.69 Å². The van der Waals surface area contributed by atoms with Crippen LogP contribution in [0.25, 0.3) is 5.69 Å². The van der Waals surface area contributed by atoms with Crippen LogP contribution in [0, 0.1) is 0 Å². The molecule has 0 spiro atoms. The van der Waals surface area contributed by atoms with E-state index in [9.17, 15) is 9.59 Å². The van der Waals surface area contributed by atoms with Crippen LogP contribution in [0.15, 0.2) is 60.9 Å². The number of methoxy groups -OCH3 is 2. The van der Waals surface area contributed by atoms with Crippen LogP contribution in [-0.4, -0.2) is 30.7 Å². The zero-order valence-corrected chi connectivity index (χ0v) is 15.4. The molecule has 0 bridgehead atoms. The molecule has 0 aliphatic heterocycles. The van der Waals surface area contributed by atoms with Gasteiger partial charge in [0.2, 0.25) is 5.91 Å². The molecule has 28 heavy (non-hydrogen) atoms. The van der Waals surface area contributed by atoms with E-state index in [1.165, 1.54) is 7.11 Å². The Morgan fingerprint density at radius 1 is 0.964 bits per heavy atom. The number of nitrogens with one attached hydrogen (secondary N) is 2. The number of ether oxygens (including phenoxy) is 2. The van der Waals surface area contributed by atoms with E-state index < -0.39 is 11.9 Å². The first-order valence-corrected chi connectivity index (χ1v) is 8.38. The number of aromatic nitrogens is 1. The second-order valence-electron chi connectivity index (χ2n) is 5.86. The molecule has 0 aliphatic carbocycles. The average molecular weight is 380 g/mol. The number of nitrogens with zero attached hydrogens (tertiary/aromatic N) is 1. The molecular weight excluding hydrogens is 360 g/mol. The maximum atomic E-state index is 12.3. The van der Waals surface area contributed by atoms with Gasteiger partial charge in [0.1, 0.15) is 11.5 Å².